The van der Waals surface area contributed by atoms with E-state index in [1.807, 2.05) is 97.1 Å². The molecule has 4 aromatic rings. The molecule has 0 aromatic heterocycles. The van der Waals surface area contributed by atoms with E-state index >= 15 is 0 Å². The zero-order valence-electron chi connectivity index (χ0n) is 36.2. The topological polar surface area (TPSA) is 119 Å². The van der Waals surface area contributed by atoms with Crippen molar-refractivity contribution >= 4 is 45.1 Å². The SMILES string of the molecule is CCCCCCCCCCCCOc1ccc(C2=C3C=CC(=N3)C(c3ccc(O)cc3)=C3C=CC(=N3)C(c3ccc(O)cc3)=C3C=CC(=N3)C(c3ccc(O)cc3)=C3C=CC2=N3)cc1. The van der Waals surface area contributed by atoms with Crippen molar-refractivity contribution in [3.8, 4) is 23.0 Å². The van der Waals surface area contributed by atoms with E-state index < -0.39 is 0 Å². The predicted molar refractivity (Wildman–Crippen MR) is 262 cm³/mol. The Labute approximate surface area is 375 Å². The third-order valence-corrected chi connectivity index (χ3v) is 12.0. The number of unbranched alkanes of at least 4 members (excludes halogenated alkanes) is 9. The molecule has 0 saturated heterocycles. The summed E-state index contributed by atoms with van der Waals surface area (Å²) in [6.07, 6.45) is 28.8. The van der Waals surface area contributed by atoms with E-state index in [0.717, 1.165) is 79.5 Å². The summed E-state index contributed by atoms with van der Waals surface area (Å²) in [5.41, 5.74) is 12.4. The molecular weight excluding hydrogens is 793 g/mol. The van der Waals surface area contributed by atoms with Crippen LogP contribution in [-0.2, 0) is 0 Å². The average Bonchev–Trinajstić information content (AvgIpc) is 4.16. The Morgan fingerprint density at radius 3 is 0.938 bits per heavy atom. The summed E-state index contributed by atoms with van der Waals surface area (Å²) in [7, 11) is 0. The van der Waals surface area contributed by atoms with Crippen LogP contribution in [0, 0.1) is 0 Å². The van der Waals surface area contributed by atoms with Crippen LogP contribution in [0.3, 0.4) is 0 Å². The lowest BCUT2D eigenvalue weighted by Gasteiger charge is -2.13. The number of allylic oxidation sites excluding steroid dienone is 12. The van der Waals surface area contributed by atoms with Gasteiger partial charge in [0.15, 0.2) is 0 Å². The number of hydrogen-bond donors (Lipinski definition) is 3. The lowest BCUT2D eigenvalue weighted by atomic mass is 9.98. The molecule has 5 heterocycles. The van der Waals surface area contributed by atoms with Gasteiger partial charge in [0.1, 0.15) is 23.0 Å². The zero-order chi connectivity index (χ0) is 43.8. The van der Waals surface area contributed by atoms with E-state index in [2.05, 4.69) is 19.1 Å². The Morgan fingerprint density at radius 1 is 0.344 bits per heavy atom. The molecule has 0 spiro atoms. The molecule has 8 nitrogen and oxygen atoms in total. The van der Waals surface area contributed by atoms with Crippen LogP contribution in [-0.4, -0.2) is 44.8 Å². The Hall–Kier alpha value is -7.32. The summed E-state index contributed by atoms with van der Waals surface area (Å²) in [6, 6.07) is 29.5. The zero-order valence-corrected chi connectivity index (χ0v) is 36.2. The summed E-state index contributed by atoms with van der Waals surface area (Å²) in [6.45, 7) is 2.95. The summed E-state index contributed by atoms with van der Waals surface area (Å²) >= 11 is 0. The Morgan fingerprint density at radius 2 is 0.625 bits per heavy atom. The molecule has 64 heavy (non-hydrogen) atoms. The van der Waals surface area contributed by atoms with Crippen LogP contribution in [0.15, 0.2) is 188 Å². The maximum Gasteiger partial charge on any atom is 0.119 e. The van der Waals surface area contributed by atoms with E-state index in [0.29, 0.717) is 29.4 Å². The molecule has 0 radical (unpaired) electrons. The molecule has 5 aliphatic rings. The van der Waals surface area contributed by atoms with Gasteiger partial charge in [-0.15, -0.1) is 0 Å². The van der Waals surface area contributed by atoms with Gasteiger partial charge in [-0.2, -0.15) is 0 Å². The first-order valence-corrected chi connectivity index (χ1v) is 22.6. The van der Waals surface area contributed by atoms with Crippen molar-refractivity contribution < 1.29 is 20.1 Å². The van der Waals surface area contributed by atoms with Crippen LogP contribution in [0.5, 0.6) is 23.0 Å². The van der Waals surface area contributed by atoms with Crippen molar-refractivity contribution in [2.75, 3.05) is 6.61 Å². The predicted octanol–water partition coefficient (Wildman–Crippen LogP) is 13.1. The number of aliphatic imine (C=N–C) groups is 4. The van der Waals surface area contributed by atoms with E-state index in [1.165, 1.54) is 57.8 Å². The molecule has 8 heteroatoms. The van der Waals surface area contributed by atoms with Crippen LogP contribution in [0.1, 0.15) is 93.4 Å². The highest BCUT2D eigenvalue weighted by molar-refractivity contribution is 6.39. The van der Waals surface area contributed by atoms with Crippen molar-refractivity contribution in [3.63, 3.8) is 0 Å². The summed E-state index contributed by atoms with van der Waals surface area (Å²) in [5.74, 6) is 1.32. The van der Waals surface area contributed by atoms with E-state index in [9.17, 15) is 15.3 Å². The number of rotatable bonds is 16. The first-order chi connectivity index (χ1) is 31.4. The molecular formula is C56H52N4O4. The number of hydrogen-bond acceptors (Lipinski definition) is 8. The van der Waals surface area contributed by atoms with Crippen molar-refractivity contribution in [1.82, 2.24) is 0 Å². The smallest absolute Gasteiger partial charge is 0.119 e. The molecule has 0 amide bonds. The molecule has 320 valence electrons. The van der Waals surface area contributed by atoms with Crippen molar-refractivity contribution in [3.05, 3.63) is 191 Å². The monoisotopic (exact) mass is 844 g/mol. The number of phenols is 3. The molecule has 0 fully saturated rings. The highest BCUT2D eigenvalue weighted by atomic mass is 16.5. The van der Waals surface area contributed by atoms with Gasteiger partial charge < -0.3 is 20.1 Å². The minimum atomic E-state index is 0.159. The van der Waals surface area contributed by atoms with Crippen molar-refractivity contribution in [2.24, 2.45) is 20.0 Å². The molecule has 0 atom stereocenters. The second kappa shape index (κ2) is 19.4. The number of benzene rings is 4. The fourth-order valence-corrected chi connectivity index (χ4v) is 8.65. The summed E-state index contributed by atoms with van der Waals surface area (Å²) < 4.78 is 6.24. The number of ether oxygens (including phenoxy) is 1. The molecule has 5 aliphatic heterocycles. The lowest BCUT2D eigenvalue weighted by Crippen LogP contribution is -2.04. The second-order valence-electron chi connectivity index (χ2n) is 16.6. The van der Waals surface area contributed by atoms with Gasteiger partial charge in [-0.1, -0.05) is 113 Å². The minimum absolute atomic E-state index is 0.159. The normalized spacial score (nSPS) is 16.3. The van der Waals surface area contributed by atoms with E-state index in [1.54, 1.807) is 36.4 Å². The van der Waals surface area contributed by atoms with Gasteiger partial charge in [0.2, 0.25) is 0 Å². The number of nitrogens with zero attached hydrogens (tertiary/aromatic N) is 4. The molecule has 3 N–H and O–H groups in total. The average molecular weight is 845 g/mol. The molecule has 9 rings (SSSR count). The van der Waals surface area contributed by atoms with Crippen LogP contribution >= 0.6 is 0 Å². The molecule has 8 bridgehead atoms. The Kier molecular flexibility index (Phi) is 12.7. The van der Waals surface area contributed by atoms with Gasteiger partial charge >= 0.3 is 0 Å². The molecule has 4 aromatic carbocycles. The van der Waals surface area contributed by atoms with Gasteiger partial charge in [0.05, 0.1) is 52.2 Å². The number of aromatic hydroxyl groups is 3. The van der Waals surface area contributed by atoms with Crippen molar-refractivity contribution in [2.45, 2.75) is 71.1 Å². The van der Waals surface area contributed by atoms with E-state index in [4.69, 9.17) is 24.7 Å². The third-order valence-electron chi connectivity index (χ3n) is 12.0. The Bertz CT molecular complexity index is 2760. The fourth-order valence-electron chi connectivity index (χ4n) is 8.65. The van der Waals surface area contributed by atoms with Gasteiger partial charge in [0, 0.05) is 22.3 Å². The highest BCUT2D eigenvalue weighted by Gasteiger charge is 2.28. The summed E-state index contributed by atoms with van der Waals surface area (Å²) in [5, 5.41) is 30.8. The molecule has 0 saturated carbocycles. The van der Waals surface area contributed by atoms with Gasteiger partial charge in [0.25, 0.3) is 0 Å². The van der Waals surface area contributed by atoms with Gasteiger partial charge in [-0.25, -0.2) is 20.0 Å². The Balaban J connectivity index is 1.12. The van der Waals surface area contributed by atoms with Crippen LogP contribution in [0.25, 0.3) is 22.3 Å². The van der Waals surface area contributed by atoms with Crippen molar-refractivity contribution in [1.29, 1.82) is 0 Å². The standard InChI is InChI=1S/C56H52N4O4/c1-2-3-4-5-6-7-8-9-10-11-36-64-44-26-18-40(19-27-44)56-51-34-32-49(59-51)54(38-14-22-42(62)23-15-38)47-30-28-45(57-47)53(37-12-20-41(61)21-13-37)46-29-31-48(58-46)55(50-33-35-52(56)60-50)39-16-24-43(63)25-17-39/h12-35,61-63H,2-11,36H2,1H3. The number of phenolic OH excluding ortho intramolecular Hbond substituents is 3. The quantitative estimate of drug-likeness (QED) is 0.0973. The second-order valence-corrected chi connectivity index (χ2v) is 16.6. The van der Waals surface area contributed by atoms with Crippen LogP contribution < -0.4 is 4.74 Å². The first kappa shape index (κ1) is 42.0. The fraction of sp³-hybridized carbons (Fsp3) is 0.214. The van der Waals surface area contributed by atoms with Crippen LogP contribution in [0.2, 0.25) is 0 Å². The minimum Gasteiger partial charge on any atom is -0.508 e. The largest absolute Gasteiger partial charge is 0.508 e. The van der Waals surface area contributed by atoms with Crippen LogP contribution in [0.4, 0.5) is 0 Å². The third kappa shape index (κ3) is 9.37. The maximum absolute atomic E-state index is 10.3. The first-order valence-electron chi connectivity index (χ1n) is 22.6. The van der Waals surface area contributed by atoms with Gasteiger partial charge in [-0.05, 0) is 126 Å². The molecule has 0 aliphatic carbocycles. The highest BCUT2D eigenvalue weighted by Crippen LogP contribution is 2.39. The van der Waals surface area contributed by atoms with Gasteiger partial charge in [-0.3, -0.25) is 0 Å². The summed E-state index contributed by atoms with van der Waals surface area (Å²) in [4.78, 5) is 21.2. The lowest BCUT2D eigenvalue weighted by molar-refractivity contribution is 0.304. The maximum atomic E-state index is 10.3. The molecule has 0 unspecified atom stereocenters. The van der Waals surface area contributed by atoms with E-state index in [-0.39, 0.29) is 17.2 Å². The number of fused-ring (bicyclic) bond motifs is 4.